The molecule has 1 aromatic heterocycles. The third kappa shape index (κ3) is 4.65. The first kappa shape index (κ1) is 16.7. The van der Waals surface area contributed by atoms with Crippen molar-refractivity contribution in [1.82, 2.24) is 10.4 Å². The van der Waals surface area contributed by atoms with Gasteiger partial charge in [-0.15, -0.1) is 0 Å². The zero-order valence-corrected chi connectivity index (χ0v) is 13.9. The summed E-state index contributed by atoms with van der Waals surface area (Å²) >= 11 is 5.91. The second-order valence-electron chi connectivity index (χ2n) is 5.03. The number of aromatic nitrogens is 1. The van der Waals surface area contributed by atoms with Gasteiger partial charge in [-0.05, 0) is 42.0 Å². The average Bonchev–Trinajstić information content (AvgIpc) is 2.63. The molecule has 0 fully saturated rings. The van der Waals surface area contributed by atoms with Gasteiger partial charge in [0.25, 0.3) is 5.91 Å². The summed E-state index contributed by atoms with van der Waals surface area (Å²) in [6.45, 7) is 0. The van der Waals surface area contributed by atoms with Crippen LogP contribution >= 0.6 is 11.6 Å². The van der Waals surface area contributed by atoms with Crippen LogP contribution in [0.1, 0.15) is 15.9 Å². The highest BCUT2D eigenvalue weighted by Crippen LogP contribution is 2.22. The van der Waals surface area contributed by atoms with Gasteiger partial charge in [-0.25, -0.2) is 10.4 Å². The fourth-order valence-corrected chi connectivity index (χ4v) is 2.26. The largest absolute Gasteiger partial charge is 0.438 e. The SMILES string of the molecule is O=C(N/N=C/c1cccc(Cl)c1)c1cccnc1Oc1ccccc1. The van der Waals surface area contributed by atoms with Crippen molar-refractivity contribution in [1.29, 1.82) is 0 Å². The van der Waals surface area contributed by atoms with E-state index in [4.69, 9.17) is 16.3 Å². The van der Waals surface area contributed by atoms with Crippen molar-refractivity contribution < 1.29 is 9.53 Å². The molecule has 1 amide bonds. The van der Waals surface area contributed by atoms with E-state index in [9.17, 15) is 4.79 Å². The summed E-state index contributed by atoms with van der Waals surface area (Å²) in [6.07, 6.45) is 3.07. The smallest absolute Gasteiger partial charge is 0.276 e. The van der Waals surface area contributed by atoms with Crippen LogP contribution in [0.4, 0.5) is 0 Å². The molecular weight excluding hydrogens is 338 g/mol. The van der Waals surface area contributed by atoms with Crippen LogP contribution in [-0.4, -0.2) is 17.1 Å². The Labute approximate surface area is 149 Å². The summed E-state index contributed by atoms with van der Waals surface area (Å²) < 4.78 is 5.67. The van der Waals surface area contributed by atoms with Crippen LogP contribution in [0.2, 0.25) is 5.02 Å². The molecule has 0 aliphatic carbocycles. The molecule has 0 saturated heterocycles. The van der Waals surface area contributed by atoms with Gasteiger partial charge >= 0.3 is 0 Å². The molecule has 25 heavy (non-hydrogen) atoms. The molecule has 3 rings (SSSR count). The Bertz CT molecular complexity index is 898. The minimum Gasteiger partial charge on any atom is -0.438 e. The fourth-order valence-electron chi connectivity index (χ4n) is 2.06. The fraction of sp³-hybridized carbons (Fsp3) is 0. The highest BCUT2D eigenvalue weighted by molar-refractivity contribution is 6.30. The lowest BCUT2D eigenvalue weighted by atomic mass is 10.2. The number of hydrogen-bond donors (Lipinski definition) is 1. The van der Waals surface area contributed by atoms with Crippen LogP contribution in [0.15, 0.2) is 78.0 Å². The van der Waals surface area contributed by atoms with E-state index in [0.29, 0.717) is 10.8 Å². The van der Waals surface area contributed by atoms with E-state index in [-0.39, 0.29) is 11.4 Å². The molecule has 3 aromatic rings. The Kier molecular flexibility index (Phi) is 5.39. The number of ether oxygens (including phenoxy) is 1. The van der Waals surface area contributed by atoms with E-state index in [1.54, 1.807) is 48.7 Å². The highest BCUT2D eigenvalue weighted by atomic mass is 35.5. The Morgan fingerprint density at radius 3 is 2.72 bits per heavy atom. The molecule has 6 heteroatoms. The normalized spacial score (nSPS) is 10.6. The maximum atomic E-state index is 12.3. The topological polar surface area (TPSA) is 63.6 Å². The van der Waals surface area contributed by atoms with Crippen molar-refractivity contribution in [3.05, 3.63) is 89.1 Å². The number of carbonyl (C=O) groups excluding carboxylic acids is 1. The second-order valence-corrected chi connectivity index (χ2v) is 5.46. The quantitative estimate of drug-likeness (QED) is 0.551. The number of nitrogens with one attached hydrogen (secondary N) is 1. The van der Waals surface area contributed by atoms with Gasteiger partial charge < -0.3 is 4.74 Å². The molecule has 0 aliphatic heterocycles. The minimum atomic E-state index is -0.419. The first-order chi connectivity index (χ1) is 12.2. The van der Waals surface area contributed by atoms with Crippen LogP contribution in [0.3, 0.4) is 0 Å². The van der Waals surface area contributed by atoms with Gasteiger partial charge in [0, 0.05) is 11.2 Å². The van der Waals surface area contributed by atoms with Crippen molar-refractivity contribution in [2.24, 2.45) is 5.10 Å². The molecule has 1 heterocycles. The Morgan fingerprint density at radius 1 is 1.08 bits per heavy atom. The van der Waals surface area contributed by atoms with Gasteiger partial charge in [0.15, 0.2) is 0 Å². The van der Waals surface area contributed by atoms with Crippen molar-refractivity contribution in [2.75, 3.05) is 0 Å². The van der Waals surface area contributed by atoms with Crippen molar-refractivity contribution in [3.63, 3.8) is 0 Å². The van der Waals surface area contributed by atoms with Crippen molar-refractivity contribution >= 4 is 23.7 Å². The lowest BCUT2D eigenvalue weighted by Crippen LogP contribution is -2.18. The Balaban J connectivity index is 1.72. The first-order valence-electron chi connectivity index (χ1n) is 7.49. The van der Waals surface area contributed by atoms with E-state index in [0.717, 1.165) is 5.56 Å². The molecule has 1 N–H and O–H groups in total. The molecule has 0 saturated carbocycles. The summed E-state index contributed by atoms with van der Waals surface area (Å²) in [7, 11) is 0. The number of amides is 1. The first-order valence-corrected chi connectivity index (χ1v) is 7.87. The molecule has 0 bridgehead atoms. The van der Waals surface area contributed by atoms with Crippen molar-refractivity contribution in [2.45, 2.75) is 0 Å². The number of benzene rings is 2. The number of para-hydroxylation sites is 1. The predicted molar refractivity (Wildman–Crippen MR) is 97.3 cm³/mol. The Morgan fingerprint density at radius 2 is 1.92 bits per heavy atom. The van der Waals surface area contributed by atoms with Crippen LogP contribution in [-0.2, 0) is 0 Å². The summed E-state index contributed by atoms with van der Waals surface area (Å²) in [5.74, 6) is 0.388. The molecule has 5 nitrogen and oxygen atoms in total. The van der Waals surface area contributed by atoms with E-state index in [1.165, 1.54) is 6.21 Å². The predicted octanol–water partition coefficient (Wildman–Crippen LogP) is 4.29. The summed E-state index contributed by atoms with van der Waals surface area (Å²) in [4.78, 5) is 16.5. The molecule has 0 atom stereocenters. The van der Waals surface area contributed by atoms with E-state index in [2.05, 4.69) is 15.5 Å². The molecule has 124 valence electrons. The van der Waals surface area contributed by atoms with Crippen LogP contribution in [0.25, 0.3) is 0 Å². The molecule has 0 spiro atoms. The molecule has 2 aromatic carbocycles. The van der Waals surface area contributed by atoms with E-state index in [1.807, 2.05) is 24.3 Å². The number of halogens is 1. The molecule has 0 unspecified atom stereocenters. The van der Waals surface area contributed by atoms with Crippen LogP contribution in [0, 0.1) is 0 Å². The van der Waals surface area contributed by atoms with Crippen LogP contribution in [0.5, 0.6) is 11.6 Å². The summed E-state index contributed by atoms with van der Waals surface area (Å²) in [6, 6.07) is 19.5. The van der Waals surface area contributed by atoms with Crippen LogP contribution < -0.4 is 10.2 Å². The van der Waals surface area contributed by atoms with Gasteiger partial charge in [-0.3, -0.25) is 4.79 Å². The van der Waals surface area contributed by atoms with Gasteiger partial charge in [-0.1, -0.05) is 41.9 Å². The lowest BCUT2D eigenvalue weighted by Gasteiger charge is -2.08. The van der Waals surface area contributed by atoms with Gasteiger partial charge in [-0.2, -0.15) is 5.10 Å². The average molecular weight is 352 g/mol. The summed E-state index contributed by atoms with van der Waals surface area (Å²) in [5, 5.41) is 4.54. The second kappa shape index (κ2) is 8.08. The summed E-state index contributed by atoms with van der Waals surface area (Å²) in [5.41, 5.74) is 3.52. The third-order valence-corrected chi connectivity index (χ3v) is 3.44. The maximum Gasteiger partial charge on any atom is 0.276 e. The molecular formula is C19H14ClN3O2. The number of hydrogen-bond acceptors (Lipinski definition) is 4. The highest BCUT2D eigenvalue weighted by Gasteiger charge is 2.13. The number of nitrogens with zero attached hydrogens (tertiary/aromatic N) is 2. The van der Waals surface area contributed by atoms with Gasteiger partial charge in [0.05, 0.1) is 6.21 Å². The number of rotatable bonds is 5. The monoisotopic (exact) mass is 351 g/mol. The lowest BCUT2D eigenvalue weighted by molar-refractivity contribution is 0.0952. The molecule has 0 radical (unpaired) electrons. The minimum absolute atomic E-state index is 0.212. The van der Waals surface area contributed by atoms with Crippen molar-refractivity contribution in [3.8, 4) is 11.6 Å². The van der Waals surface area contributed by atoms with Gasteiger partial charge in [0.2, 0.25) is 5.88 Å². The standard InChI is InChI=1S/C19H14ClN3O2/c20-15-7-4-6-14(12-15)13-22-23-18(24)17-10-5-11-21-19(17)25-16-8-2-1-3-9-16/h1-13H,(H,23,24)/b22-13+. The zero-order valence-electron chi connectivity index (χ0n) is 13.1. The maximum absolute atomic E-state index is 12.3. The molecule has 0 aliphatic rings. The van der Waals surface area contributed by atoms with E-state index < -0.39 is 5.91 Å². The third-order valence-electron chi connectivity index (χ3n) is 3.20. The number of hydrazone groups is 1. The van der Waals surface area contributed by atoms with Gasteiger partial charge in [0.1, 0.15) is 11.3 Å². The Hall–Kier alpha value is -3.18. The zero-order chi connectivity index (χ0) is 17.5. The van der Waals surface area contributed by atoms with E-state index >= 15 is 0 Å². The number of pyridine rings is 1. The number of carbonyl (C=O) groups is 1.